The molecule has 5 heteroatoms. The van der Waals surface area contributed by atoms with Crippen LogP contribution in [0.25, 0.3) is 0 Å². The molecule has 0 fully saturated rings. The van der Waals surface area contributed by atoms with E-state index in [0.717, 1.165) is 23.8 Å². The molecule has 1 N–H and O–H groups in total. The zero-order valence-corrected chi connectivity index (χ0v) is 11.0. The minimum absolute atomic E-state index is 0.0811. The average molecular weight is 244 g/mol. The summed E-state index contributed by atoms with van der Waals surface area (Å²) in [5.41, 5.74) is 0. The first-order valence-electron chi connectivity index (χ1n) is 5.77. The number of rotatable bonds is 7. The number of aliphatic hydroxyl groups excluding tert-OH is 1. The first kappa shape index (κ1) is 13.5. The summed E-state index contributed by atoms with van der Waals surface area (Å²) in [6.45, 7) is 5.99. The Balaban J connectivity index is 2.50. The molecule has 92 valence electrons. The Labute approximate surface area is 101 Å². The molecule has 0 aliphatic carbocycles. The molecule has 2 atom stereocenters. The topological polar surface area (TPSA) is 59.2 Å². The number of hydrogen-bond acceptors (Lipinski definition) is 5. The third kappa shape index (κ3) is 3.79. The molecule has 16 heavy (non-hydrogen) atoms. The largest absolute Gasteiger partial charge is 0.392 e. The summed E-state index contributed by atoms with van der Waals surface area (Å²) in [6.07, 6.45) is 1.45. The van der Waals surface area contributed by atoms with E-state index in [1.807, 2.05) is 13.8 Å². The van der Waals surface area contributed by atoms with Crippen LogP contribution >= 0.6 is 11.8 Å². The molecule has 2 unspecified atom stereocenters. The van der Waals surface area contributed by atoms with E-state index in [9.17, 15) is 5.11 Å². The molecule has 1 aromatic heterocycles. The van der Waals surface area contributed by atoms with Crippen molar-refractivity contribution < 1.29 is 9.63 Å². The van der Waals surface area contributed by atoms with E-state index in [0.29, 0.717) is 12.3 Å². The van der Waals surface area contributed by atoms with E-state index < -0.39 is 6.10 Å². The summed E-state index contributed by atoms with van der Waals surface area (Å²) in [5, 5.41) is 13.6. The molecule has 1 aromatic rings. The van der Waals surface area contributed by atoms with Gasteiger partial charge in [0.25, 0.3) is 0 Å². The molecule has 1 heterocycles. The third-order valence-electron chi connectivity index (χ3n) is 2.45. The molecule has 0 amide bonds. The molecule has 0 spiro atoms. The maximum Gasteiger partial charge on any atom is 0.232 e. The van der Waals surface area contributed by atoms with Crippen LogP contribution < -0.4 is 0 Å². The summed E-state index contributed by atoms with van der Waals surface area (Å²) in [5.74, 6) is 3.08. The lowest BCUT2D eigenvalue weighted by molar-refractivity contribution is 0.129. The predicted octanol–water partition coefficient (Wildman–Crippen LogP) is 2.59. The van der Waals surface area contributed by atoms with E-state index in [2.05, 4.69) is 17.1 Å². The fourth-order valence-corrected chi connectivity index (χ4v) is 2.07. The Bertz CT molecular complexity index is 304. The van der Waals surface area contributed by atoms with Gasteiger partial charge in [-0.15, -0.1) is 0 Å². The van der Waals surface area contributed by atoms with Gasteiger partial charge in [-0.25, -0.2) is 0 Å². The standard InChI is InChI=1S/C11H20N2O2S/c1-4-6-16-7-10-12-11(15-13-10)8(3)9(14)5-2/h8-9,14H,4-7H2,1-3H3. The smallest absolute Gasteiger partial charge is 0.232 e. The molecular weight excluding hydrogens is 224 g/mol. The second kappa shape index (κ2) is 6.91. The van der Waals surface area contributed by atoms with Gasteiger partial charge in [0.15, 0.2) is 5.82 Å². The fraction of sp³-hybridized carbons (Fsp3) is 0.818. The summed E-state index contributed by atoms with van der Waals surface area (Å²) in [6, 6.07) is 0. The van der Waals surface area contributed by atoms with Crippen LogP contribution in [-0.4, -0.2) is 27.1 Å². The van der Waals surface area contributed by atoms with E-state index in [-0.39, 0.29) is 5.92 Å². The highest BCUT2D eigenvalue weighted by Gasteiger charge is 2.20. The summed E-state index contributed by atoms with van der Waals surface area (Å²) in [7, 11) is 0. The van der Waals surface area contributed by atoms with Gasteiger partial charge >= 0.3 is 0 Å². The van der Waals surface area contributed by atoms with E-state index in [4.69, 9.17) is 4.52 Å². The van der Waals surface area contributed by atoms with Crippen LogP contribution in [0.2, 0.25) is 0 Å². The molecule has 0 radical (unpaired) electrons. The number of nitrogens with zero attached hydrogens (tertiary/aromatic N) is 2. The Hall–Kier alpha value is -0.550. The second-order valence-electron chi connectivity index (χ2n) is 3.87. The maximum atomic E-state index is 9.67. The zero-order chi connectivity index (χ0) is 12.0. The summed E-state index contributed by atoms with van der Waals surface area (Å²) < 4.78 is 5.15. The van der Waals surface area contributed by atoms with Crippen LogP contribution in [0.3, 0.4) is 0 Å². The molecule has 0 aromatic carbocycles. The van der Waals surface area contributed by atoms with Gasteiger partial charge in [-0.1, -0.05) is 25.9 Å². The number of aliphatic hydroxyl groups is 1. The second-order valence-corrected chi connectivity index (χ2v) is 4.97. The lowest BCUT2D eigenvalue weighted by Gasteiger charge is -2.11. The monoisotopic (exact) mass is 244 g/mol. The molecule has 0 aliphatic rings. The molecule has 4 nitrogen and oxygen atoms in total. The van der Waals surface area contributed by atoms with Crippen molar-refractivity contribution >= 4 is 11.8 Å². The highest BCUT2D eigenvalue weighted by molar-refractivity contribution is 7.98. The minimum Gasteiger partial charge on any atom is -0.392 e. The first-order chi connectivity index (χ1) is 7.69. The van der Waals surface area contributed by atoms with Crippen LogP contribution in [0.1, 0.15) is 51.2 Å². The van der Waals surface area contributed by atoms with Crippen molar-refractivity contribution in [2.45, 2.75) is 51.4 Å². The van der Waals surface area contributed by atoms with Crippen LogP contribution in [0, 0.1) is 0 Å². The third-order valence-corrected chi connectivity index (χ3v) is 3.61. The number of hydrogen-bond donors (Lipinski definition) is 1. The number of thioether (sulfide) groups is 1. The van der Waals surface area contributed by atoms with Gasteiger partial charge in [-0.2, -0.15) is 16.7 Å². The molecule has 0 bridgehead atoms. The van der Waals surface area contributed by atoms with Crippen molar-refractivity contribution in [3.63, 3.8) is 0 Å². The number of aromatic nitrogens is 2. The van der Waals surface area contributed by atoms with Crippen LogP contribution in [0.4, 0.5) is 0 Å². The van der Waals surface area contributed by atoms with E-state index in [1.165, 1.54) is 0 Å². The van der Waals surface area contributed by atoms with Crippen LogP contribution in [0.15, 0.2) is 4.52 Å². The predicted molar refractivity (Wildman–Crippen MR) is 65.5 cm³/mol. The Morgan fingerprint density at radius 2 is 2.19 bits per heavy atom. The Kier molecular flexibility index (Phi) is 5.84. The zero-order valence-electron chi connectivity index (χ0n) is 10.1. The average Bonchev–Trinajstić information content (AvgIpc) is 2.76. The lowest BCUT2D eigenvalue weighted by atomic mass is 10.0. The maximum absolute atomic E-state index is 9.67. The van der Waals surface area contributed by atoms with Gasteiger partial charge in [0.2, 0.25) is 5.89 Å². The van der Waals surface area contributed by atoms with Crippen molar-refractivity contribution in [2.24, 2.45) is 0 Å². The summed E-state index contributed by atoms with van der Waals surface area (Å²) >= 11 is 1.80. The molecule has 0 saturated carbocycles. The van der Waals surface area contributed by atoms with E-state index in [1.54, 1.807) is 11.8 Å². The van der Waals surface area contributed by atoms with E-state index >= 15 is 0 Å². The van der Waals surface area contributed by atoms with Gasteiger partial charge < -0.3 is 9.63 Å². The fourth-order valence-electron chi connectivity index (χ4n) is 1.34. The normalized spacial score (nSPS) is 15.0. The van der Waals surface area contributed by atoms with Gasteiger partial charge in [0.1, 0.15) is 0 Å². The van der Waals surface area contributed by atoms with Crippen molar-refractivity contribution in [3.8, 4) is 0 Å². The highest BCUT2D eigenvalue weighted by atomic mass is 32.2. The van der Waals surface area contributed by atoms with Gasteiger partial charge in [-0.05, 0) is 18.6 Å². The highest BCUT2D eigenvalue weighted by Crippen LogP contribution is 2.20. The van der Waals surface area contributed by atoms with Gasteiger partial charge in [0, 0.05) is 0 Å². The molecular formula is C11H20N2O2S. The van der Waals surface area contributed by atoms with Crippen molar-refractivity contribution in [1.29, 1.82) is 0 Å². The van der Waals surface area contributed by atoms with Crippen molar-refractivity contribution in [2.75, 3.05) is 5.75 Å². The SMILES string of the molecule is CCCSCc1noc(C(C)C(O)CC)n1. The van der Waals surface area contributed by atoms with Crippen LogP contribution in [-0.2, 0) is 5.75 Å². The Morgan fingerprint density at radius 1 is 1.44 bits per heavy atom. The molecule has 1 rings (SSSR count). The van der Waals surface area contributed by atoms with Gasteiger partial charge in [0.05, 0.1) is 17.8 Å². The van der Waals surface area contributed by atoms with Gasteiger partial charge in [-0.3, -0.25) is 0 Å². The first-order valence-corrected chi connectivity index (χ1v) is 6.92. The quantitative estimate of drug-likeness (QED) is 0.747. The minimum atomic E-state index is -0.406. The summed E-state index contributed by atoms with van der Waals surface area (Å²) in [4.78, 5) is 4.29. The Morgan fingerprint density at radius 3 is 2.81 bits per heavy atom. The van der Waals surface area contributed by atoms with Crippen molar-refractivity contribution in [1.82, 2.24) is 10.1 Å². The lowest BCUT2D eigenvalue weighted by Crippen LogP contribution is -2.14. The molecule has 0 aliphatic heterocycles. The molecule has 0 saturated heterocycles. The van der Waals surface area contributed by atoms with Crippen molar-refractivity contribution in [3.05, 3.63) is 11.7 Å². The van der Waals surface area contributed by atoms with Crippen LogP contribution in [0.5, 0.6) is 0 Å².